The Bertz CT molecular complexity index is 478. The molecule has 0 saturated heterocycles. The first-order chi connectivity index (χ1) is 9.08. The fraction of sp³-hybridized carbons (Fsp3) is 0.429. The highest BCUT2D eigenvalue weighted by Gasteiger charge is 2.23. The first-order valence-corrected chi connectivity index (χ1v) is 6.39. The zero-order chi connectivity index (χ0) is 13.8. The second-order valence-corrected chi connectivity index (χ2v) is 4.83. The van der Waals surface area contributed by atoms with Crippen LogP contribution in [0, 0.1) is 0 Å². The summed E-state index contributed by atoms with van der Waals surface area (Å²) in [6.07, 6.45) is 2.51. The number of hydrogen-bond acceptors (Lipinski definition) is 3. The second-order valence-electron chi connectivity index (χ2n) is 4.83. The van der Waals surface area contributed by atoms with Crippen molar-refractivity contribution in [2.45, 2.75) is 37.8 Å². The number of aromatic carboxylic acids is 1. The van der Waals surface area contributed by atoms with E-state index in [9.17, 15) is 14.7 Å². The molecule has 0 radical (unpaired) electrons. The summed E-state index contributed by atoms with van der Waals surface area (Å²) in [5.74, 6) is -1.47. The van der Waals surface area contributed by atoms with E-state index in [1.807, 2.05) is 0 Å². The zero-order valence-corrected chi connectivity index (χ0v) is 10.5. The largest absolute Gasteiger partial charge is 0.478 e. The Kier molecular flexibility index (Phi) is 4.16. The third-order valence-electron chi connectivity index (χ3n) is 3.43. The van der Waals surface area contributed by atoms with E-state index in [4.69, 9.17) is 5.11 Å². The number of carbonyl (C=O) groups excluding carboxylic acids is 1. The molecule has 1 aromatic carbocycles. The minimum Gasteiger partial charge on any atom is -0.478 e. The average Bonchev–Trinajstić information content (AvgIpc) is 2.41. The molecule has 0 heterocycles. The van der Waals surface area contributed by atoms with Crippen LogP contribution >= 0.6 is 0 Å². The number of carbonyl (C=O) groups is 2. The van der Waals surface area contributed by atoms with Gasteiger partial charge in [-0.15, -0.1) is 0 Å². The lowest BCUT2D eigenvalue weighted by Crippen LogP contribution is -2.39. The third-order valence-corrected chi connectivity index (χ3v) is 3.43. The molecule has 0 aromatic heterocycles. The van der Waals surface area contributed by atoms with Crippen LogP contribution in [0.25, 0.3) is 0 Å². The molecule has 3 N–H and O–H groups in total. The lowest BCUT2D eigenvalue weighted by molar-refractivity contribution is 0.0689. The van der Waals surface area contributed by atoms with Crippen LogP contribution in [-0.2, 0) is 0 Å². The molecule has 5 heteroatoms. The SMILES string of the molecule is O=C(O)c1ccccc1C(=O)NC1CCC(O)CC1. The van der Waals surface area contributed by atoms with Gasteiger partial charge in [0, 0.05) is 6.04 Å². The van der Waals surface area contributed by atoms with Gasteiger partial charge in [0.15, 0.2) is 0 Å². The summed E-state index contributed by atoms with van der Waals surface area (Å²) in [6, 6.07) is 6.18. The molecule has 102 valence electrons. The molecule has 19 heavy (non-hydrogen) atoms. The van der Waals surface area contributed by atoms with Crippen LogP contribution in [0.3, 0.4) is 0 Å². The monoisotopic (exact) mass is 263 g/mol. The number of nitrogens with one attached hydrogen (secondary N) is 1. The number of hydrogen-bond donors (Lipinski definition) is 3. The van der Waals surface area contributed by atoms with Gasteiger partial charge in [-0.25, -0.2) is 4.79 Å². The van der Waals surface area contributed by atoms with Crippen molar-refractivity contribution in [2.24, 2.45) is 0 Å². The van der Waals surface area contributed by atoms with Crippen molar-refractivity contribution in [1.29, 1.82) is 0 Å². The molecule has 0 aliphatic heterocycles. The molecule has 2 rings (SSSR count). The van der Waals surface area contributed by atoms with Gasteiger partial charge in [-0.2, -0.15) is 0 Å². The second kappa shape index (κ2) is 5.84. The standard InChI is InChI=1S/C14H17NO4/c16-10-7-5-9(6-8-10)15-13(17)11-3-1-2-4-12(11)14(18)19/h1-4,9-10,16H,5-8H2,(H,15,17)(H,18,19). The Labute approximate surface area is 111 Å². The lowest BCUT2D eigenvalue weighted by atomic mass is 9.93. The molecular formula is C14H17NO4. The molecule has 5 nitrogen and oxygen atoms in total. The van der Waals surface area contributed by atoms with Gasteiger partial charge in [0.2, 0.25) is 0 Å². The van der Waals surface area contributed by atoms with Crippen LogP contribution in [0.4, 0.5) is 0 Å². The number of benzene rings is 1. The summed E-state index contributed by atoms with van der Waals surface area (Å²) in [5.41, 5.74) is 0.192. The Balaban J connectivity index is 2.06. The maximum Gasteiger partial charge on any atom is 0.336 e. The number of rotatable bonds is 3. The molecule has 1 fully saturated rings. The molecule has 0 atom stereocenters. The van der Waals surface area contributed by atoms with Gasteiger partial charge >= 0.3 is 5.97 Å². The van der Waals surface area contributed by atoms with Crippen LogP contribution in [-0.4, -0.2) is 34.2 Å². The molecular weight excluding hydrogens is 246 g/mol. The number of aliphatic hydroxyl groups excluding tert-OH is 1. The number of carboxylic acids is 1. The average molecular weight is 263 g/mol. The lowest BCUT2D eigenvalue weighted by Gasteiger charge is -2.26. The van der Waals surface area contributed by atoms with Gasteiger partial charge in [-0.1, -0.05) is 12.1 Å². The highest BCUT2D eigenvalue weighted by Crippen LogP contribution is 2.19. The van der Waals surface area contributed by atoms with Gasteiger partial charge in [0.1, 0.15) is 0 Å². The fourth-order valence-electron chi connectivity index (χ4n) is 2.35. The number of amides is 1. The summed E-state index contributed by atoms with van der Waals surface area (Å²) in [5, 5.41) is 21.3. The molecule has 1 saturated carbocycles. The summed E-state index contributed by atoms with van der Waals surface area (Å²) < 4.78 is 0. The highest BCUT2D eigenvalue weighted by atomic mass is 16.4. The van der Waals surface area contributed by atoms with E-state index in [0.717, 1.165) is 12.8 Å². The zero-order valence-electron chi connectivity index (χ0n) is 10.5. The normalized spacial score (nSPS) is 22.8. The number of aliphatic hydroxyl groups is 1. The molecule has 1 amide bonds. The van der Waals surface area contributed by atoms with Gasteiger partial charge < -0.3 is 15.5 Å². The molecule has 1 aromatic rings. The predicted molar refractivity (Wildman–Crippen MR) is 69.1 cm³/mol. The van der Waals surface area contributed by atoms with Crippen molar-refractivity contribution in [3.63, 3.8) is 0 Å². The third kappa shape index (κ3) is 3.32. The van der Waals surface area contributed by atoms with Crippen LogP contribution in [0.15, 0.2) is 24.3 Å². The summed E-state index contributed by atoms with van der Waals surface area (Å²) >= 11 is 0. The van der Waals surface area contributed by atoms with E-state index in [2.05, 4.69) is 5.32 Å². The van der Waals surface area contributed by atoms with Crippen LogP contribution < -0.4 is 5.32 Å². The summed E-state index contributed by atoms with van der Waals surface area (Å²) in [6.45, 7) is 0. The fourth-order valence-corrected chi connectivity index (χ4v) is 2.35. The first-order valence-electron chi connectivity index (χ1n) is 6.39. The topological polar surface area (TPSA) is 86.6 Å². The molecule has 1 aliphatic carbocycles. The van der Waals surface area contributed by atoms with E-state index in [-0.39, 0.29) is 29.2 Å². The summed E-state index contributed by atoms with van der Waals surface area (Å²) in [7, 11) is 0. The quantitative estimate of drug-likeness (QED) is 0.769. The minimum absolute atomic E-state index is 0.0100. The smallest absolute Gasteiger partial charge is 0.336 e. The molecule has 0 spiro atoms. The Morgan fingerprint density at radius 1 is 1.05 bits per heavy atom. The van der Waals surface area contributed by atoms with Gasteiger partial charge in [-0.3, -0.25) is 4.79 Å². The van der Waals surface area contributed by atoms with E-state index >= 15 is 0 Å². The minimum atomic E-state index is -1.11. The summed E-state index contributed by atoms with van der Waals surface area (Å²) in [4.78, 5) is 23.1. The first kappa shape index (κ1) is 13.5. The van der Waals surface area contributed by atoms with E-state index in [1.165, 1.54) is 12.1 Å². The highest BCUT2D eigenvalue weighted by molar-refractivity contribution is 6.04. The van der Waals surface area contributed by atoms with Gasteiger partial charge in [0.25, 0.3) is 5.91 Å². The van der Waals surface area contributed by atoms with E-state index in [1.54, 1.807) is 12.1 Å². The Hall–Kier alpha value is -1.88. The van der Waals surface area contributed by atoms with E-state index in [0.29, 0.717) is 12.8 Å². The molecule has 0 bridgehead atoms. The van der Waals surface area contributed by atoms with Crippen molar-refractivity contribution in [1.82, 2.24) is 5.32 Å². The Morgan fingerprint density at radius 3 is 2.21 bits per heavy atom. The van der Waals surface area contributed by atoms with Crippen LogP contribution in [0.1, 0.15) is 46.4 Å². The van der Waals surface area contributed by atoms with Crippen molar-refractivity contribution in [3.05, 3.63) is 35.4 Å². The Morgan fingerprint density at radius 2 is 1.63 bits per heavy atom. The van der Waals surface area contributed by atoms with Crippen molar-refractivity contribution in [2.75, 3.05) is 0 Å². The van der Waals surface area contributed by atoms with Crippen LogP contribution in [0.2, 0.25) is 0 Å². The maximum absolute atomic E-state index is 12.1. The van der Waals surface area contributed by atoms with Crippen molar-refractivity contribution >= 4 is 11.9 Å². The molecule has 0 unspecified atom stereocenters. The predicted octanol–water partition coefficient (Wildman–Crippen LogP) is 1.42. The van der Waals surface area contributed by atoms with Crippen LogP contribution in [0.5, 0.6) is 0 Å². The van der Waals surface area contributed by atoms with Gasteiger partial charge in [0.05, 0.1) is 17.2 Å². The maximum atomic E-state index is 12.1. The number of carboxylic acid groups (broad SMARTS) is 1. The molecule has 1 aliphatic rings. The van der Waals surface area contributed by atoms with Gasteiger partial charge in [-0.05, 0) is 37.8 Å². The van der Waals surface area contributed by atoms with E-state index < -0.39 is 5.97 Å². The van der Waals surface area contributed by atoms with Crippen molar-refractivity contribution in [3.8, 4) is 0 Å². The van der Waals surface area contributed by atoms with Crippen molar-refractivity contribution < 1.29 is 19.8 Å².